The molecular formula is C24H23N3O2. The Kier molecular flexibility index (Phi) is 5.92. The number of rotatable bonds is 6. The highest BCUT2D eigenvalue weighted by molar-refractivity contribution is 5.47. The van der Waals surface area contributed by atoms with Gasteiger partial charge in [0.15, 0.2) is 0 Å². The molecule has 5 heteroatoms. The predicted molar refractivity (Wildman–Crippen MR) is 112 cm³/mol. The number of nitrogens with zero attached hydrogens (tertiary/aromatic N) is 3. The Bertz CT molecular complexity index is 861. The summed E-state index contributed by atoms with van der Waals surface area (Å²) in [6.07, 6.45) is 0.415. The van der Waals surface area contributed by atoms with Crippen LogP contribution in [0.4, 0.5) is 0 Å². The van der Waals surface area contributed by atoms with Gasteiger partial charge in [-0.2, -0.15) is 0 Å². The van der Waals surface area contributed by atoms with Gasteiger partial charge in [0.05, 0.1) is 25.4 Å². The average molecular weight is 385 g/mol. The summed E-state index contributed by atoms with van der Waals surface area (Å²) in [4.78, 5) is 2.95. The fourth-order valence-electron chi connectivity index (χ4n) is 3.98. The molecule has 1 saturated heterocycles. The lowest BCUT2D eigenvalue weighted by Crippen LogP contribution is -2.42. The van der Waals surface area contributed by atoms with Crippen molar-refractivity contribution in [3.05, 3.63) is 118 Å². The Morgan fingerprint density at radius 3 is 1.72 bits per heavy atom. The fourth-order valence-corrected chi connectivity index (χ4v) is 3.98. The van der Waals surface area contributed by atoms with Crippen molar-refractivity contribution in [1.82, 2.24) is 0 Å². The van der Waals surface area contributed by atoms with Gasteiger partial charge in [-0.05, 0) is 28.6 Å². The zero-order valence-electron chi connectivity index (χ0n) is 16.1. The minimum atomic E-state index is -0.796. The van der Waals surface area contributed by atoms with Crippen LogP contribution in [-0.4, -0.2) is 25.4 Å². The van der Waals surface area contributed by atoms with E-state index in [1.54, 1.807) is 0 Å². The van der Waals surface area contributed by atoms with Crippen LogP contribution in [0.5, 0.6) is 0 Å². The van der Waals surface area contributed by atoms with E-state index >= 15 is 0 Å². The SMILES string of the molecule is [N-]=[N+]=NC1COC[C@@H](OC(c2ccccc2)(c2ccccc2)c2ccccc2)C1. The molecular weight excluding hydrogens is 362 g/mol. The molecule has 0 radical (unpaired) electrons. The van der Waals surface area contributed by atoms with Crippen molar-refractivity contribution in [2.75, 3.05) is 13.2 Å². The van der Waals surface area contributed by atoms with E-state index < -0.39 is 5.60 Å². The Hall–Kier alpha value is -3.11. The smallest absolute Gasteiger partial charge is 0.144 e. The van der Waals surface area contributed by atoms with Gasteiger partial charge in [0.2, 0.25) is 0 Å². The molecule has 146 valence electrons. The maximum absolute atomic E-state index is 8.83. The molecule has 1 unspecified atom stereocenters. The minimum absolute atomic E-state index is 0.208. The van der Waals surface area contributed by atoms with Crippen LogP contribution in [0, 0.1) is 0 Å². The summed E-state index contributed by atoms with van der Waals surface area (Å²) in [5, 5.41) is 3.86. The van der Waals surface area contributed by atoms with Crippen molar-refractivity contribution >= 4 is 0 Å². The molecule has 0 aliphatic carbocycles. The Balaban J connectivity index is 1.85. The van der Waals surface area contributed by atoms with Crippen LogP contribution in [0.1, 0.15) is 23.1 Å². The van der Waals surface area contributed by atoms with E-state index in [2.05, 4.69) is 46.4 Å². The standard InChI is InChI=1S/C24H23N3O2/c25-27-26-22-16-23(18-28-17-22)29-24(19-10-4-1-5-11-19,20-12-6-2-7-13-20)21-14-8-3-9-15-21/h1-15,22-23H,16-18H2/t22?,23-/m0/s1. The molecule has 1 aliphatic rings. The van der Waals surface area contributed by atoms with Crippen LogP contribution >= 0.6 is 0 Å². The predicted octanol–water partition coefficient (Wildman–Crippen LogP) is 5.46. The lowest BCUT2D eigenvalue weighted by Gasteiger charge is -2.40. The fraction of sp³-hybridized carbons (Fsp3) is 0.250. The van der Waals surface area contributed by atoms with E-state index in [1.165, 1.54) is 0 Å². The summed E-state index contributed by atoms with van der Waals surface area (Å²) < 4.78 is 12.6. The van der Waals surface area contributed by atoms with Gasteiger partial charge < -0.3 is 9.47 Å². The molecule has 2 atom stereocenters. The van der Waals surface area contributed by atoms with Gasteiger partial charge >= 0.3 is 0 Å². The Morgan fingerprint density at radius 2 is 1.28 bits per heavy atom. The molecule has 0 N–H and O–H groups in total. The first kappa shape index (κ1) is 19.2. The largest absolute Gasteiger partial charge is 0.378 e. The van der Waals surface area contributed by atoms with Crippen LogP contribution in [-0.2, 0) is 15.1 Å². The second-order valence-corrected chi connectivity index (χ2v) is 7.15. The van der Waals surface area contributed by atoms with Crippen molar-refractivity contribution in [2.45, 2.75) is 24.2 Å². The molecule has 0 bridgehead atoms. The van der Waals surface area contributed by atoms with Gasteiger partial charge in [-0.25, -0.2) is 0 Å². The Morgan fingerprint density at radius 1 is 0.793 bits per heavy atom. The quantitative estimate of drug-likeness (QED) is 0.245. The molecule has 0 amide bonds. The van der Waals surface area contributed by atoms with Crippen LogP contribution < -0.4 is 0 Å². The maximum Gasteiger partial charge on any atom is 0.144 e. The number of ether oxygens (including phenoxy) is 2. The summed E-state index contributed by atoms with van der Waals surface area (Å²) >= 11 is 0. The molecule has 0 saturated carbocycles. The van der Waals surface area contributed by atoms with Crippen molar-refractivity contribution < 1.29 is 9.47 Å². The maximum atomic E-state index is 8.83. The molecule has 1 aliphatic heterocycles. The minimum Gasteiger partial charge on any atom is -0.378 e. The van der Waals surface area contributed by atoms with Crippen molar-refractivity contribution in [3.8, 4) is 0 Å². The third-order valence-corrected chi connectivity index (χ3v) is 5.25. The zero-order chi connectivity index (χ0) is 19.9. The van der Waals surface area contributed by atoms with Gasteiger partial charge in [0, 0.05) is 4.91 Å². The van der Waals surface area contributed by atoms with Crippen LogP contribution in [0.15, 0.2) is 96.1 Å². The van der Waals surface area contributed by atoms with Gasteiger partial charge in [-0.15, -0.1) is 0 Å². The van der Waals surface area contributed by atoms with Crippen LogP contribution in [0.25, 0.3) is 10.4 Å². The van der Waals surface area contributed by atoms with E-state index in [0.717, 1.165) is 16.7 Å². The summed E-state index contributed by atoms with van der Waals surface area (Å²) in [5.74, 6) is 0. The second kappa shape index (κ2) is 8.93. The lowest BCUT2D eigenvalue weighted by molar-refractivity contribution is -0.111. The van der Waals surface area contributed by atoms with Gasteiger partial charge in [0.25, 0.3) is 0 Å². The first-order valence-corrected chi connectivity index (χ1v) is 9.79. The molecule has 1 fully saturated rings. The molecule has 3 aromatic rings. The first-order chi connectivity index (χ1) is 14.3. The van der Waals surface area contributed by atoms with Gasteiger partial charge in [0.1, 0.15) is 5.60 Å². The zero-order valence-corrected chi connectivity index (χ0v) is 16.1. The second-order valence-electron chi connectivity index (χ2n) is 7.15. The highest BCUT2D eigenvalue weighted by Gasteiger charge is 2.41. The third kappa shape index (κ3) is 4.03. The molecule has 4 rings (SSSR count). The molecule has 3 aromatic carbocycles. The highest BCUT2D eigenvalue weighted by Crippen LogP contribution is 2.42. The Labute approximate surface area is 170 Å². The van der Waals surface area contributed by atoms with Gasteiger partial charge in [-0.3, -0.25) is 0 Å². The van der Waals surface area contributed by atoms with E-state index in [1.807, 2.05) is 54.6 Å². The summed E-state index contributed by atoms with van der Waals surface area (Å²) in [6, 6.07) is 30.5. The topological polar surface area (TPSA) is 67.2 Å². The van der Waals surface area contributed by atoms with Crippen molar-refractivity contribution in [2.24, 2.45) is 5.11 Å². The van der Waals surface area contributed by atoms with Crippen LogP contribution in [0.2, 0.25) is 0 Å². The number of hydrogen-bond acceptors (Lipinski definition) is 3. The number of hydrogen-bond donors (Lipinski definition) is 0. The summed E-state index contributed by atoms with van der Waals surface area (Å²) in [6.45, 7) is 0.893. The average Bonchev–Trinajstić information content (AvgIpc) is 2.80. The molecule has 1 heterocycles. The van der Waals surface area contributed by atoms with Gasteiger partial charge in [-0.1, -0.05) is 96.1 Å². The molecule has 0 aromatic heterocycles. The van der Waals surface area contributed by atoms with E-state index in [-0.39, 0.29) is 12.1 Å². The lowest BCUT2D eigenvalue weighted by atomic mass is 9.79. The van der Waals surface area contributed by atoms with Crippen molar-refractivity contribution in [3.63, 3.8) is 0 Å². The molecule has 5 nitrogen and oxygen atoms in total. The van der Waals surface area contributed by atoms with E-state index in [0.29, 0.717) is 19.6 Å². The number of azide groups is 1. The summed E-state index contributed by atoms with van der Waals surface area (Å²) in [7, 11) is 0. The molecule has 29 heavy (non-hydrogen) atoms. The normalized spacial score (nSPS) is 19.3. The number of benzene rings is 3. The highest BCUT2D eigenvalue weighted by atomic mass is 16.5. The third-order valence-electron chi connectivity index (χ3n) is 5.25. The summed E-state index contributed by atoms with van der Waals surface area (Å²) in [5.41, 5.74) is 11.2. The monoisotopic (exact) mass is 385 g/mol. The van der Waals surface area contributed by atoms with Crippen molar-refractivity contribution in [1.29, 1.82) is 0 Å². The van der Waals surface area contributed by atoms with E-state index in [9.17, 15) is 0 Å². The van der Waals surface area contributed by atoms with E-state index in [4.69, 9.17) is 15.0 Å². The molecule has 0 spiro atoms. The van der Waals surface area contributed by atoms with Crippen LogP contribution in [0.3, 0.4) is 0 Å². The first-order valence-electron chi connectivity index (χ1n) is 9.79.